The van der Waals surface area contributed by atoms with Crippen LogP contribution in [0.1, 0.15) is 41.2 Å². The van der Waals surface area contributed by atoms with Gasteiger partial charge in [-0.3, -0.25) is 9.69 Å². The van der Waals surface area contributed by atoms with Crippen molar-refractivity contribution >= 4 is 23.3 Å². The van der Waals surface area contributed by atoms with Gasteiger partial charge in [0.1, 0.15) is 17.5 Å². The van der Waals surface area contributed by atoms with Gasteiger partial charge in [0.15, 0.2) is 11.5 Å². The molecule has 0 spiro atoms. The van der Waals surface area contributed by atoms with Gasteiger partial charge in [-0.05, 0) is 45.5 Å². The number of nitrogens with zero attached hydrogens (tertiary/aromatic N) is 3. The van der Waals surface area contributed by atoms with Crippen LogP contribution < -0.4 is 15.4 Å². The van der Waals surface area contributed by atoms with Gasteiger partial charge in [0.2, 0.25) is 0 Å². The minimum atomic E-state index is -0.512. The summed E-state index contributed by atoms with van der Waals surface area (Å²) < 4.78 is 11.7. The molecule has 2 heterocycles. The molecular weight excluding hydrogens is 498 g/mol. The van der Waals surface area contributed by atoms with E-state index in [1.807, 2.05) is 39.1 Å². The van der Waals surface area contributed by atoms with Crippen LogP contribution in [0.3, 0.4) is 0 Å². The number of hydrogen-bond donors (Lipinski definition) is 3. The Bertz CT molecular complexity index is 1270. The number of aryl methyl sites for hydroxylation is 2. The summed E-state index contributed by atoms with van der Waals surface area (Å²) in [5.74, 6) is 0.473. The molecule has 0 bridgehead atoms. The summed E-state index contributed by atoms with van der Waals surface area (Å²) in [7, 11) is 2.03. The standard InChI is InChI=1S/C29H37N5O5/c1-18-14-34(19(2)17-35)28(36)23-12-9-13-24(30-29(37)31-26-20(3)32-39-21(26)4)27(23)38-25(18)16-33(5)15-22-10-7-6-8-11-22/h6-13,18-19,25,35H,14-17H2,1-5H3,(H2,30,31,37)/t18-,19+,25+/m0/s1. The molecule has 4 rings (SSSR count). The van der Waals surface area contributed by atoms with Crippen LogP contribution >= 0.6 is 0 Å². The smallest absolute Gasteiger partial charge is 0.323 e. The van der Waals surface area contributed by atoms with Crippen molar-refractivity contribution < 1.29 is 24.0 Å². The number of aromatic nitrogens is 1. The quantitative estimate of drug-likeness (QED) is 0.394. The molecule has 0 unspecified atom stereocenters. The Morgan fingerprint density at radius 2 is 1.92 bits per heavy atom. The zero-order valence-corrected chi connectivity index (χ0v) is 23.1. The van der Waals surface area contributed by atoms with Crippen LogP contribution in [0.15, 0.2) is 53.1 Å². The maximum absolute atomic E-state index is 13.7. The zero-order valence-electron chi connectivity index (χ0n) is 23.1. The number of hydrogen-bond acceptors (Lipinski definition) is 7. The van der Waals surface area contributed by atoms with E-state index in [1.54, 1.807) is 36.9 Å². The maximum Gasteiger partial charge on any atom is 0.323 e. The second kappa shape index (κ2) is 12.3. The molecule has 39 heavy (non-hydrogen) atoms. The first-order chi connectivity index (χ1) is 18.7. The molecule has 10 heteroatoms. The summed E-state index contributed by atoms with van der Waals surface area (Å²) in [6.07, 6.45) is -0.299. The third kappa shape index (κ3) is 6.58. The fraction of sp³-hybridized carbons (Fsp3) is 0.414. The largest absolute Gasteiger partial charge is 0.486 e. The molecule has 3 amide bonds. The average Bonchev–Trinajstić information content (AvgIpc) is 3.23. The lowest BCUT2D eigenvalue weighted by Gasteiger charge is -2.38. The molecule has 0 radical (unpaired) electrons. The van der Waals surface area contributed by atoms with E-state index in [0.29, 0.717) is 47.2 Å². The fourth-order valence-electron chi connectivity index (χ4n) is 4.76. The summed E-state index contributed by atoms with van der Waals surface area (Å²) in [5, 5.41) is 19.4. The molecule has 3 atom stereocenters. The molecule has 0 saturated carbocycles. The highest BCUT2D eigenvalue weighted by atomic mass is 16.5. The van der Waals surface area contributed by atoms with Gasteiger partial charge < -0.3 is 29.9 Å². The second-order valence-electron chi connectivity index (χ2n) is 10.3. The Morgan fingerprint density at radius 1 is 1.18 bits per heavy atom. The number of aliphatic hydroxyl groups is 1. The normalized spacial score (nSPS) is 18.1. The number of amides is 3. The van der Waals surface area contributed by atoms with E-state index >= 15 is 0 Å². The van der Waals surface area contributed by atoms with Crippen LogP contribution in [0, 0.1) is 19.8 Å². The zero-order chi connectivity index (χ0) is 28.1. The van der Waals surface area contributed by atoms with Crippen molar-refractivity contribution in [2.45, 2.75) is 46.4 Å². The monoisotopic (exact) mass is 535 g/mol. The van der Waals surface area contributed by atoms with E-state index in [-0.39, 0.29) is 30.6 Å². The number of rotatable bonds is 8. The van der Waals surface area contributed by atoms with Gasteiger partial charge in [0.25, 0.3) is 5.91 Å². The number of fused-ring (bicyclic) bond motifs is 1. The third-order valence-electron chi connectivity index (χ3n) is 7.00. The summed E-state index contributed by atoms with van der Waals surface area (Å²) in [6.45, 7) is 8.89. The van der Waals surface area contributed by atoms with Crippen LogP contribution in [0.4, 0.5) is 16.2 Å². The van der Waals surface area contributed by atoms with E-state index in [2.05, 4.69) is 32.8 Å². The lowest BCUT2D eigenvalue weighted by Crippen LogP contribution is -2.49. The van der Waals surface area contributed by atoms with E-state index in [4.69, 9.17) is 9.26 Å². The molecule has 3 aromatic rings. The Balaban J connectivity index is 1.64. The summed E-state index contributed by atoms with van der Waals surface area (Å²) in [6, 6.07) is 14.4. The van der Waals surface area contributed by atoms with E-state index in [9.17, 15) is 14.7 Å². The van der Waals surface area contributed by atoms with Crippen molar-refractivity contribution in [2.75, 3.05) is 37.4 Å². The van der Waals surface area contributed by atoms with Crippen molar-refractivity contribution in [3.8, 4) is 5.75 Å². The molecule has 3 N–H and O–H groups in total. The van der Waals surface area contributed by atoms with Crippen molar-refractivity contribution in [3.63, 3.8) is 0 Å². The Kier molecular flexibility index (Phi) is 8.88. The SMILES string of the molecule is Cc1noc(C)c1NC(=O)Nc1cccc2c1O[C@H](CN(C)Cc1ccccc1)[C@@H](C)CN([C@H](C)CO)C2=O. The van der Waals surface area contributed by atoms with E-state index in [0.717, 1.165) is 6.54 Å². The van der Waals surface area contributed by atoms with Crippen molar-refractivity contribution in [1.29, 1.82) is 0 Å². The highest BCUT2D eigenvalue weighted by molar-refractivity contribution is 6.04. The van der Waals surface area contributed by atoms with Crippen LogP contribution in [0.2, 0.25) is 0 Å². The van der Waals surface area contributed by atoms with Gasteiger partial charge in [-0.25, -0.2) is 4.79 Å². The lowest BCUT2D eigenvalue weighted by atomic mass is 9.99. The van der Waals surface area contributed by atoms with Gasteiger partial charge in [-0.15, -0.1) is 0 Å². The molecule has 2 aromatic carbocycles. The number of aliphatic hydroxyl groups excluding tert-OH is 1. The molecule has 1 aliphatic heterocycles. The summed E-state index contributed by atoms with van der Waals surface area (Å²) in [5.41, 5.74) is 2.92. The molecule has 0 aliphatic carbocycles. The molecule has 1 aliphatic rings. The average molecular weight is 536 g/mol. The molecule has 208 valence electrons. The molecule has 1 aromatic heterocycles. The number of anilines is 2. The number of benzene rings is 2. The van der Waals surface area contributed by atoms with Gasteiger partial charge in [0, 0.05) is 25.6 Å². The molecule has 10 nitrogen and oxygen atoms in total. The fourth-order valence-corrected chi connectivity index (χ4v) is 4.76. The molecule has 0 saturated heterocycles. The van der Waals surface area contributed by atoms with Crippen LogP contribution in [0.25, 0.3) is 0 Å². The number of para-hydroxylation sites is 1. The van der Waals surface area contributed by atoms with Gasteiger partial charge in [-0.2, -0.15) is 0 Å². The Morgan fingerprint density at radius 3 is 2.59 bits per heavy atom. The first kappa shape index (κ1) is 28.1. The number of carbonyl (C=O) groups excluding carboxylic acids is 2. The number of likely N-dealkylation sites (N-methyl/N-ethyl adjacent to an activating group) is 1. The number of urea groups is 1. The first-order valence-electron chi connectivity index (χ1n) is 13.1. The lowest BCUT2D eigenvalue weighted by molar-refractivity contribution is 0.0343. The predicted octanol–water partition coefficient (Wildman–Crippen LogP) is 4.29. The minimum absolute atomic E-state index is 0.0569. The van der Waals surface area contributed by atoms with Crippen molar-refractivity contribution in [1.82, 2.24) is 15.0 Å². The predicted molar refractivity (Wildman–Crippen MR) is 149 cm³/mol. The molecule has 0 fully saturated rings. The van der Waals surface area contributed by atoms with Crippen molar-refractivity contribution in [3.05, 3.63) is 71.1 Å². The summed E-state index contributed by atoms with van der Waals surface area (Å²) >= 11 is 0. The van der Waals surface area contributed by atoms with Crippen LogP contribution in [0.5, 0.6) is 5.75 Å². The Labute approximate surface area is 228 Å². The Hall–Kier alpha value is -3.89. The number of ether oxygens (including phenoxy) is 1. The van der Waals surface area contributed by atoms with Crippen LogP contribution in [-0.4, -0.2) is 70.9 Å². The second-order valence-corrected chi connectivity index (χ2v) is 10.3. The van der Waals surface area contributed by atoms with Gasteiger partial charge >= 0.3 is 6.03 Å². The summed E-state index contributed by atoms with van der Waals surface area (Å²) in [4.78, 5) is 30.5. The maximum atomic E-state index is 13.7. The molecular formula is C29H37N5O5. The van der Waals surface area contributed by atoms with Crippen molar-refractivity contribution in [2.24, 2.45) is 5.92 Å². The van der Waals surface area contributed by atoms with Gasteiger partial charge in [-0.1, -0.05) is 48.5 Å². The number of nitrogens with one attached hydrogen (secondary N) is 2. The number of carbonyl (C=O) groups is 2. The van der Waals surface area contributed by atoms with E-state index in [1.165, 1.54) is 5.56 Å². The topological polar surface area (TPSA) is 120 Å². The third-order valence-corrected chi connectivity index (χ3v) is 7.00. The van der Waals surface area contributed by atoms with Gasteiger partial charge in [0.05, 0.1) is 23.9 Å². The minimum Gasteiger partial charge on any atom is -0.486 e. The first-order valence-corrected chi connectivity index (χ1v) is 13.1. The van der Waals surface area contributed by atoms with Crippen LogP contribution in [-0.2, 0) is 6.54 Å². The highest BCUT2D eigenvalue weighted by Gasteiger charge is 2.34. The van der Waals surface area contributed by atoms with E-state index < -0.39 is 6.03 Å². The highest BCUT2D eigenvalue weighted by Crippen LogP contribution is 2.35.